The van der Waals surface area contributed by atoms with E-state index >= 15 is 0 Å². The number of amides is 2. The van der Waals surface area contributed by atoms with Gasteiger partial charge in [-0.25, -0.2) is 4.79 Å². The first kappa shape index (κ1) is 11.3. The Bertz CT molecular complexity index is 433. The Balaban J connectivity index is 2.39. The fraction of sp³-hybridized carbons (Fsp3) is 0.364. The van der Waals surface area contributed by atoms with Crippen molar-refractivity contribution in [3.8, 4) is 0 Å². The van der Waals surface area contributed by atoms with Crippen molar-refractivity contribution in [3.05, 3.63) is 22.2 Å². The van der Waals surface area contributed by atoms with Crippen LogP contribution in [0.15, 0.2) is 16.6 Å². The number of nitrogens with two attached hydrogens (primary N) is 1. The maximum absolute atomic E-state index is 11.7. The van der Waals surface area contributed by atoms with Crippen LogP contribution < -0.4 is 16.0 Å². The van der Waals surface area contributed by atoms with Crippen molar-refractivity contribution in [1.29, 1.82) is 0 Å². The van der Waals surface area contributed by atoms with Gasteiger partial charge in [-0.05, 0) is 47.0 Å². The Labute approximate surface area is 103 Å². The van der Waals surface area contributed by atoms with Crippen molar-refractivity contribution < 1.29 is 4.79 Å². The third-order valence-corrected chi connectivity index (χ3v) is 3.34. The minimum absolute atomic E-state index is 0.0600. The molecule has 5 heteroatoms. The smallest absolute Gasteiger partial charge is 0.321 e. The van der Waals surface area contributed by atoms with E-state index in [4.69, 9.17) is 5.73 Å². The van der Waals surface area contributed by atoms with E-state index in [1.54, 1.807) is 4.90 Å². The second kappa shape index (κ2) is 4.33. The average Bonchev–Trinajstić information content (AvgIpc) is 2.25. The molecule has 0 saturated carbocycles. The molecule has 1 aromatic carbocycles. The molecule has 2 rings (SSSR count). The number of halogens is 1. The lowest BCUT2D eigenvalue weighted by Crippen LogP contribution is -2.46. The first-order valence-electron chi connectivity index (χ1n) is 5.20. The van der Waals surface area contributed by atoms with Crippen LogP contribution in [0.1, 0.15) is 12.0 Å². The zero-order valence-corrected chi connectivity index (χ0v) is 10.7. The van der Waals surface area contributed by atoms with Crippen LogP contribution in [0.3, 0.4) is 0 Å². The van der Waals surface area contributed by atoms with Crippen LogP contribution in [0.2, 0.25) is 0 Å². The lowest BCUT2D eigenvalue weighted by Gasteiger charge is -2.28. The summed E-state index contributed by atoms with van der Waals surface area (Å²) in [5, 5.41) is 2.82. The number of anilines is 2. The molecule has 0 radical (unpaired) electrons. The third kappa shape index (κ3) is 2.00. The number of hydrogen-bond donors (Lipinski definition) is 2. The minimum atomic E-state index is -0.0600. The number of nitrogens with zero attached hydrogens (tertiary/aromatic N) is 1. The zero-order chi connectivity index (χ0) is 11.7. The van der Waals surface area contributed by atoms with Crippen LogP contribution in [-0.4, -0.2) is 19.1 Å². The number of carbonyl (C=O) groups is 1. The molecule has 1 aliphatic rings. The van der Waals surface area contributed by atoms with Crippen molar-refractivity contribution in [1.82, 2.24) is 5.32 Å². The molecule has 0 spiro atoms. The molecule has 4 nitrogen and oxygen atoms in total. The van der Waals surface area contributed by atoms with Gasteiger partial charge in [-0.3, -0.25) is 4.90 Å². The van der Waals surface area contributed by atoms with Crippen LogP contribution >= 0.6 is 15.9 Å². The van der Waals surface area contributed by atoms with Gasteiger partial charge in [0, 0.05) is 23.2 Å². The van der Waals surface area contributed by atoms with E-state index in [1.165, 1.54) is 0 Å². The first-order chi connectivity index (χ1) is 7.59. The summed E-state index contributed by atoms with van der Waals surface area (Å²) >= 11 is 3.47. The molecular weight excluding hydrogens is 270 g/mol. The molecule has 0 unspecified atom stereocenters. The average molecular weight is 284 g/mol. The first-order valence-corrected chi connectivity index (χ1v) is 6.00. The molecule has 1 saturated heterocycles. The van der Waals surface area contributed by atoms with Crippen molar-refractivity contribution in [3.63, 3.8) is 0 Å². The van der Waals surface area contributed by atoms with Gasteiger partial charge in [-0.15, -0.1) is 0 Å². The van der Waals surface area contributed by atoms with E-state index < -0.39 is 0 Å². The van der Waals surface area contributed by atoms with Crippen molar-refractivity contribution >= 4 is 33.3 Å². The topological polar surface area (TPSA) is 58.4 Å². The number of urea groups is 1. The van der Waals surface area contributed by atoms with E-state index in [0.717, 1.165) is 35.2 Å². The molecule has 1 aliphatic heterocycles. The number of benzene rings is 1. The summed E-state index contributed by atoms with van der Waals surface area (Å²) in [5.41, 5.74) is 8.41. The second-order valence-electron chi connectivity index (χ2n) is 3.90. The van der Waals surface area contributed by atoms with Crippen molar-refractivity contribution in [2.45, 2.75) is 13.3 Å². The van der Waals surface area contributed by atoms with Crippen LogP contribution in [0.4, 0.5) is 16.2 Å². The highest BCUT2D eigenvalue weighted by Crippen LogP contribution is 2.31. The lowest BCUT2D eigenvalue weighted by atomic mass is 10.1. The second-order valence-corrected chi connectivity index (χ2v) is 4.75. The van der Waals surface area contributed by atoms with E-state index in [0.29, 0.717) is 5.69 Å². The number of nitrogen functional groups attached to an aromatic ring is 1. The normalized spacial score (nSPS) is 16.1. The molecule has 1 fully saturated rings. The number of hydrogen-bond acceptors (Lipinski definition) is 2. The van der Waals surface area contributed by atoms with Crippen LogP contribution in [0.5, 0.6) is 0 Å². The standard InChI is InChI=1S/C11H14BrN3O/c1-7-5-8(12)10(6-9(7)13)15-4-2-3-14-11(15)16/h5-6H,2-4,13H2,1H3,(H,14,16). The zero-order valence-electron chi connectivity index (χ0n) is 9.09. The van der Waals surface area contributed by atoms with Gasteiger partial charge in [0.15, 0.2) is 0 Å². The van der Waals surface area contributed by atoms with E-state index in [-0.39, 0.29) is 6.03 Å². The highest BCUT2D eigenvalue weighted by molar-refractivity contribution is 9.10. The predicted octanol–water partition coefficient (Wildman–Crippen LogP) is 2.26. The van der Waals surface area contributed by atoms with Crippen LogP contribution in [0.25, 0.3) is 0 Å². The van der Waals surface area contributed by atoms with Gasteiger partial charge >= 0.3 is 6.03 Å². The third-order valence-electron chi connectivity index (χ3n) is 2.71. The van der Waals surface area contributed by atoms with Gasteiger partial charge in [0.2, 0.25) is 0 Å². The van der Waals surface area contributed by atoms with Gasteiger partial charge in [-0.2, -0.15) is 0 Å². The SMILES string of the molecule is Cc1cc(Br)c(N2CCCNC2=O)cc1N. The van der Waals surface area contributed by atoms with Crippen molar-refractivity contribution in [2.75, 3.05) is 23.7 Å². The summed E-state index contributed by atoms with van der Waals surface area (Å²) in [6, 6.07) is 3.71. The summed E-state index contributed by atoms with van der Waals surface area (Å²) in [4.78, 5) is 13.4. The van der Waals surface area contributed by atoms with Gasteiger partial charge in [0.05, 0.1) is 5.69 Å². The Morgan fingerprint density at radius 3 is 2.94 bits per heavy atom. The summed E-state index contributed by atoms with van der Waals surface area (Å²) in [6.07, 6.45) is 0.950. The number of rotatable bonds is 1. The molecule has 3 N–H and O–H groups in total. The van der Waals surface area contributed by atoms with Gasteiger partial charge < -0.3 is 11.1 Å². The molecule has 1 aromatic rings. The fourth-order valence-corrected chi connectivity index (χ4v) is 2.42. The Morgan fingerprint density at radius 2 is 2.25 bits per heavy atom. The fourth-order valence-electron chi connectivity index (χ4n) is 1.74. The molecule has 86 valence electrons. The molecule has 0 atom stereocenters. The van der Waals surface area contributed by atoms with E-state index in [2.05, 4.69) is 21.2 Å². The Hall–Kier alpha value is -1.23. The number of aryl methyl sites for hydroxylation is 1. The van der Waals surface area contributed by atoms with Crippen LogP contribution in [0, 0.1) is 6.92 Å². The Kier molecular flexibility index (Phi) is 3.05. The molecule has 2 amide bonds. The molecule has 0 aromatic heterocycles. The van der Waals surface area contributed by atoms with Gasteiger partial charge in [-0.1, -0.05) is 0 Å². The monoisotopic (exact) mass is 283 g/mol. The number of carbonyl (C=O) groups excluding carboxylic acids is 1. The number of nitrogens with one attached hydrogen (secondary N) is 1. The summed E-state index contributed by atoms with van der Waals surface area (Å²) < 4.78 is 0.899. The molecule has 0 aliphatic carbocycles. The summed E-state index contributed by atoms with van der Waals surface area (Å²) in [6.45, 7) is 3.42. The molecule has 16 heavy (non-hydrogen) atoms. The van der Waals surface area contributed by atoms with Gasteiger partial charge in [0.25, 0.3) is 0 Å². The molecule has 1 heterocycles. The minimum Gasteiger partial charge on any atom is -0.398 e. The van der Waals surface area contributed by atoms with Gasteiger partial charge in [0.1, 0.15) is 0 Å². The quantitative estimate of drug-likeness (QED) is 0.777. The Morgan fingerprint density at radius 1 is 1.50 bits per heavy atom. The maximum Gasteiger partial charge on any atom is 0.321 e. The largest absolute Gasteiger partial charge is 0.398 e. The van der Waals surface area contributed by atoms with Crippen molar-refractivity contribution in [2.24, 2.45) is 0 Å². The van der Waals surface area contributed by atoms with Crippen LogP contribution in [-0.2, 0) is 0 Å². The lowest BCUT2D eigenvalue weighted by molar-refractivity contribution is 0.243. The highest BCUT2D eigenvalue weighted by Gasteiger charge is 2.21. The highest BCUT2D eigenvalue weighted by atomic mass is 79.9. The molecule has 0 bridgehead atoms. The maximum atomic E-state index is 11.7. The van der Waals surface area contributed by atoms with E-state index in [9.17, 15) is 4.79 Å². The molecular formula is C11H14BrN3O. The predicted molar refractivity (Wildman–Crippen MR) is 68.7 cm³/mol. The summed E-state index contributed by atoms with van der Waals surface area (Å²) in [5.74, 6) is 0. The van der Waals surface area contributed by atoms with E-state index in [1.807, 2.05) is 19.1 Å². The summed E-state index contributed by atoms with van der Waals surface area (Å²) in [7, 11) is 0.